The number of halogens is 1. The van der Waals surface area contributed by atoms with Crippen molar-refractivity contribution in [1.82, 2.24) is 0 Å². The molecule has 2 aliphatic carbocycles. The van der Waals surface area contributed by atoms with Crippen molar-refractivity contribution in [3.05, 3.63) is 64.2 Å². The average molecular weight is 387 g/mol. The quantitative estimate of drug-likeness (QED) is 0.815. The Kier molecular flexibility index (Phi) is 4.12. The molecule has 0 spiro atoms. The maximum absolute atomic E-state index is 13.1. The summed E-state index contributed by atoms with van der Waals surface area (Å²) < 4.78 is 0.811. The number of hydrogen-bond donors (Lipinski definition) is 1. The van der Waals surface area contributed by atoms with Crippen LogP contribution in [0, 0.1) is 11.3 Å². The Balaban J connectivity index is 2.29. The van der Waals surface area contributed by atoms with E-state index in [-0.39, 0.29) is 17.3 Å². The van der Waals surface area contributed by atoms with Gasteiger partial charge >= 0.3 is 0 Å². The van der Waals surface area contributed by atoms with Crippen molar-refractivity contribution in [1.29, 1.82) is 0 Å². The van der Waals surface area contributed by atoms with Gasteiger partial charge in [0.25, 0.3) is 0 Å². The molecule has 0 heterocycles. The Labute approximate surface area is 149 Å². The summed E-state index contributed by atoms with van der Waals surface area (Å²) >= 11 is 3.43. The Morgan fingerprint density at radius 3 is 2.75 bits per heavy atom. The van der Waals surface area contributed by atoms with Gasteiger partial charge in [-0.3, -0.25) is 9.59 Å². The van der Waals surface area contributed by atoms with E-state index >= 15 is 0 Å². The Morgan fingerprint density at radius 2 is 2.08 bits per heavy atom. The van der Waals surface area contributed by atoms with Gasteiger partial charge in [0.1, 0.15) is 5.75 Å². The second kappa shape index (κ2) is 5.85. The number of benzene rings is 1. The lowest BCUT2D eigenvalue weighted by Gasteiger charge is -2.47. The molecule has 0 unspecified atom stereocenters. The predicted molar refractivity (Wildman–Crippen MR) is 96.8 cm³/mol. The molecular weight excluding hydrogens is 368 g/mol. The van der Waals surface area contributed by atoms with E-state index in [0.29, 0.717) is 17.6 Å². The minimum Gasteiger partial charge on any atom is -0.508 e. The molecule has 1 aromatic rings. The van der Waals surface area contributed by atoms with E-state index in [1.54, 1.807) is 25.1 Å². The van der Waals surface area contributed by atoms with Gasteiger partial charge in [0.05, 0.1) is 5.41 Å². The molecule has 3 rings (SSSR count). The lowest BCUT2D eigenvalue weighted by atomic mass is 9.53. The number of carbonyl (C=O) groups excluding carboxylic acids is 2. The lowest BCUT2D eigenvalue weighted by molar-refractivity contribution is -0.137. The molecule has 2 aliphatic rings. The van der Waals surface area contributed by atoms with Crippen molar-refractivity contribution in [2.75, 3.05) is 0 Å². The number of ketones is 2. The second-order valence-electron chi connectivity index (χ2n) is 6.67. The van der Waals surface area contributed by atoms with Gasteiger partial charge in [-0.15, -0.1) is 0 Å². The van der Waals surface area contributed by atoms with Gasteiger partial charge in [0.2, 0.25) is 0 Å². The van der Waals surface area contributed by atoms with Crippen LogP contribution in [0.5, 0.6) is 5.75 Å². The molecule has 3 atom stereocenters. The first kappa shape index (κ1) is 16.9. The first-order valence-corrected chi connectivity index (χ1v) is 8.67. The van der Waals surface area contributed by atoms with Crippen molar-refractivity contribution in [3.8, 4) is 5.75 Å². The molecule has 1 N–H and O–H groups in total. The third kappa shape index (κ3) is 2.32. The largest absolute Gasteiger partial charge is 0.508 e. The third-order valence-corrected chi connectivity index (χ3v) is 5.83. The molecule has 1 aromatic carbocycles. The topological polar surface area (TPSA) is 54.4 Å². The summed E-state index contributed by atoms with van der Waals surface area (Å²) in [4.78, 5) is 25.7. The van der Waals surface area contributed by atoms with Crippen LogP contribution in [0.1, 0.15) is 31.7 Å². The van der Waals surface area contributed by atoms with Gasteiger partial charge in [-0.1, -0.05) is 41.6 Å². The van der Waals surface area contributed by atoms with E-state index in [1.807, 2.05) is 19.1 Å². The summed E-state index contributed by atoms with van der Waals surface area (Å²) in [6, 6.07) is 5.17. The van der Waals surface area contributed by atoms with E-state index in [0.717, 1.165) is 10.0 Å². The van der Waals surface area contributed by atoms with Crippen LogP contribution in [0.3, 0.4) is 0 Å². The van der Waals surface area contributed by atoms with Crippen LogP contribution in [0.15, 0.2) is 58.6 Å². The van der Waals surface area contributed by atoms with Crippen LogP contribution in [0.2, 0.25) is 0 Å². The maximum Gasteiger partial charge on any atom is 0.166 e. The Morgan fingerprint density at radius 1 is 1.38 bits per heavy atom. The van der Waals surface area contributed by atoms with E-state index < -0.39 is 17.3 Å². The number of Topliss-reactive ketones (excluding diaryl/α,β-unsaturated/α-hetero) is 1. The van der Waals surface area contributed by atoms with Crippen LogP contribution >= 0.6 is 15.9 Å². The lowest BCUT2D eigenvalue weighted by Crippen LogP contribution is -2.49. The summed E-state index contributed by atoms with van der Waals surface area (Å²) in [5.41, 5.74) is 1.06. The highest BCUT2D eigenvalue weighted by atomic mass is 79.9. The molecule has 0 amide bonds. The molecule has 3 nitrogen and oxygen atoms in total. The fraction of sp³-hybridized carbons (Fsp3) is 0.300. The number of rotatable bonds is 2. The van der Waals surface area contributed by atoms with Crippen LogP contribution in [-0.4, -0.2) is 16.7 Å². The van der Waals surface area contributed by atoms with Crippen LogP contribution in [0.4, 0.5) is 0 Å². The minimum absolute atomic E-state index is 0.0200. The Hall–Kier alpha value is -1.94. The number of hydrogen-bond acceptors (Lipinski definition) is 3. The monoisotopic (exact) mass is 386 g/mol. The van der Waals surface area contributed by atoms with Crippen molar-refractivity contribution in [2.45, 2.75) is 26.2 Å². The number of allylic oxidation sites excluding steroid dienone is 5. The first-order valence-electron chi connectivity index (χ1n) is 7.88. The van der Waals surface area contributed by atoms with Gasteiger partial charge in [0.15, 0.2) is 11.6 Å². The van der Waals surface area contributed by atoms with E-state index in [2.05, 4.69) is 22.5 Å². The number of aromatic hydroxyl groups is 1. The zero-order chi connectivity index (χ0) is 17.6. The summed E-state index contributed by atoms with van der Waals surface area (Å²) in [5, 5.41) is 10.4. The standard InChI is InChI=1S/C20H19BrO3/c1-4-12-5-7-15-17(23)9-11(2)19(24)20(15,3)18(12)14-10-13(21)6-8-16(14)22/h4-6,8-10,15,18,22H,1,7H2,2-3H3/t15-,18+,20+/m0/s1. The zero-order valence-electron chi connectivity index (χ0n) is 13.7. The normalized spacial score (nSPS) is 29.6. The van der Waals surface area contributed by atoms with Crippen molar-refractivity contribution >= 4 is 27.5 Å². The van der Waals surface area contributed by atoms with Crippen LogP contribution < -0.4 is 0 Å². The molecule has 0 aliphatic heterocycles. The molecule has 0 saturated heterocycles. The van der Waals surface area contributed by atoms with Gasteiger partial charge in [-0.25, -0.2) is 0 Å². The van der Waals surface area contributed by atoms with Crippen molar-refractivity contribution < 1.29 is 14.7 Å². The summed E-state index contributed by atoms with van der Waals surface area (Å²) in [6.07, 6.45) is 5.65. The van der Waals surface area contributed by atoms with Crippen LogP contribution in [0.25, 0.3) is 0 Å². The average Bonchev–Trinajstić information content (AvgIpc) is 2.54. The number of carbonyl (C=O) groups is 2. The molecule has 0 aromatic heterocycles. The molecule has 0 fully saturated rings. The summed E-state index contributed by atoms with van der Waals surface area (Å²) in [5.74, 6) is -0.769. The highest BCUT2D eigenvalue weighted by Gasteiger charge is 2.55. The Bertz CT molecular complexity index is 818. The van der Waals surface area contributed by atoms with Gasteiger partial charge in [-0.05, 0) is 48.8 Å². The fourth-order valence-corrected chi connectivity index (χ4v) is 4.51. The molecule has 4 heteroatoms. The second-order valence-corrected chi connectivity index (χ2v) is 7.59. The molecule has 0 saturated carbocycles. The van der Waals surface area contributed by atoms with Gasteiger partial charge < -0.3 is 5.11 Å². The molecular formula is C20H19BrO3. The smallest absolute Gasteiger partial charge is 0.166 e. The zero-order valence-corrected chi connectivity index (χ0v) is 15.3. The number of phenolic OH excluding ortho intramolecular Hbond substituents is 1. The van der Waals surface area contributed by atoms with E-state index in [9.17, 15) is 14.7 Å². The number of fused-ring (bicyclic) bond motifs is 1. The highest BCUT2D eigenvalue weighted by Crippen LogP contribution is 2.56. The van der Waals surface area contributed by atoms with Crippen LogP contribution in [-0.2, 0) is 9.59 Å². The predicted octanol–water partition coefficient (Wildman–Crippen LogP) is 4.48. The van der Waals surface area contributed by atoms with Gasteiger partial charge in [0, 0.05) is 21.9 Å². The summed E-state index contributed by atoms with van der Waals surface area (Å²) in [7, 11) is 0. The van der Waals surface area contributed by atoms with Crippen molar-refractivity contribution in [3.63, 3.8) is 0 Å². The first-order chi connectivity index (χ1) is 11.3. The summed E-state index contributed by atoms with van der Waals surface area (Å²) in [6.45, 7) is 7.40. The SMILES string of the molecule is C=CC1=CC[C@H]2C(=O)C=C(C)C(=O)[C@@]2(C)[C@H]1c1cc(Br)ccc1O. The fourth-order valence-electron chi connectivity index (χ4n) is 4.13. The molecule has 124 valence electrons. The molecule has 24 heavy (non-hydrogen) atoms. The third-order valence-electron chi connectivity index (χ3n) is 5.33. The number of phenols is 1. The van der Waals surface area contributed by atoms with E-state index in [4.69, 9.17) is 0 Å². The van der Waals surface area contributed by atoms with Gasteiger partial charge in [-0.2, -0.15) is 0 Å². The van der Waals surface area contributed by atoms with Crippen molar-refractivity contribution in [2.24, 2.45) is 11.3 Å². The highest BCUT2D eigenvalue weighted by molar-refractivity contribution is 9.10. The molecule has 0 radical (unpaired) electrons. The van der Waals surface area contributed by atoms with E-state index in [1.165, 1.54) is 6.08 Å². The maximum atomic E-state index is 13.1. The molecule has 0 bridgehead atoms. The minimum atomic E-state index is -0.924.